The van der Waals surface area contributed by atoms with E-state index in [1.807, 2.05) is 0 Å². The molecule has 1 aromatic rings. The zero-order chi connectivity index (χ0) is 16.3. The number of hydrogen-bond donors (Lipinski definition) is 2. The second-order valence-corrected chi connectivity index (χ2v) is 4.95. The van der Waals surface area contributed by atoms with Crippen LogP contribution in [0, 0.1) is 0 Å². The van der Waals surface area contributed by atoms with Gasteiger partial charge in [-0.1, -0.05) is 11.6 Å². The summed E-state index contributed by atoms with van der Waals surface area (Å²) in [7, 11) is 0. The number of halogens is 3. The highest BCUT2D eigenvalue weighted by Gasteiger charge is 2.34. The highest BCUT2D eigenvalue weighted by atomic mass is 35.5. The van der Waals surface area contributed by atoms with Gasteiger partial charge in [0.2, 0.25) is 0 Å². The summed E-state index contributed by atoms with van der Waals surface area (Å²) in [4.78, 5) is 22.7. The summed E-state index contributed by atoms with van der Waals surface area (Å²) in [5, 5.41) is 11.2. The van der Waals surface area contributed by atoms with Crippen molar-refractivity contribution in [2.75, 3.05) is 5.32 Å². The topological polar surface area (TPSA) is 84.9 Å². The number of hydrogen-bond acceptors (Lipinski definition) is 4. The Morgan fingerprint density at radius 3 is 2.59 bits per heavy atom. The van der Waals surface area contributed by atoms with Crippen LogP contribution < -0.4 is 10.1 Å². The summed E-state index contributed by atoms with van der Waals surface area (Å²) in [6.45, 7) is -3.00. The van der Waals surface area contributed by atoms with Crippen molar-refractivity contribution in [1.82, 2.24) is 0 Å². The van der Waals surface area contributed by atoms with Gasteiger partial charge in [0, 0.05) is 5.69 Å². The second-order valence-electron chi connectivity index (χ2n) is 4.54. The Morgan fingerprint density at radius 2 is 2.05 bits per heavy atom. The monoisotopic (exact) mass is 335 g/mol. The van der Waals surface area contributed by atoms with Crippen molar-refractivity contribution >= 4 is 29.2 Å². The zero-order valence-electron chi connectivity index (χ0n) is 11.1. The molecule has 1 heterocycles. The van der Waals surface area contributed by atoms with Gasteiger partial charge in [0.15, 0.2) is 6.10 Å². The zero-order valence-corrected chi connectivity index (χ0v) is 11.8. The molecule has 1 fully saturated rings. The first-order valence-electron chi connectivity index (χ1n) is 6.30. The molecule has 0 aromatic heterocycles. The summed E-state index contributed by atoms with van der Waals surface area (Å²) in [5.41, 5.74) is 0.263. The minimum Gasteiger partial charge on any atom is -0.479 e. The number of benzene rings is 1. The number of alkyl halides is 2. The Kier molecular flexibility index (Phi) is 5.15. The average molecular weight is 336 g/mol. The summed E-state index contributed by atoms with van der Waals surface area (Å²) < 4.78 is 33.5. The first-order valence-corrected chi connectivity index (χ1v) is 6.68. The first-order chi connectivity index (χ1) is 10.4. The molecule has 0 unspecified atom stereocenters. The fourth-order valence-corrected chi connectivity index (χ4v) is 2.23. The fraction of sp³-hybridized carbons (Fsp3) is 0.385. The lowest BCUT2D eigenvalue weighted by Crippen LogP contribution is -2.29. The van der Waals surface area contributed by atoms with Crippen LogP contribution in [0.1, 0.15) is 12.8 Å². The third-order valence-corrected chi connectivity index (χ3v) is 3.30. The molecule has 1 amide bonds. The van der Waals surface area contributed by atoms with Gasteiger partial charge in [0.05, 0.1) is 5.02 Å². The number of carboxylic acid groups (broad SMARTS) is 1. The molecule has 1 aliphatic rings. The second kappa shape index (κ2) is 6.89. The predicted molar refractivity (Wildman–Crippen MR) is 72.2 cm³/mol. The van der Waals surface area contributed by atoms with Crippen molar-refractivity contribution < 1.29 is 33.0 Å². The molecule has 0 spiro atoms. The molecule has 1 aliphatic heterocycles. The highest BCUT2D eigenvalue weighted by Crippen LogP contribution is 2.29. The van der Waals surface area contributed by atoms with Gasteiger partial charge in [-0.3, -0.25) is 4.79 Å². The summed E-state index contributed by atoms with van der Waals surface area (Å²) >= 11 is 5.76. The van der Waals surface area contributed by atoms with Crippen LogP contribution in [-0.4, -0.2) is 35.8 Å². The molecule has 0 bridgehead atoms. The number of aliphatic carboxylic acids is 1. The van der Waals surface area contributed by atoms with Crippen LogP contribution in [0.5, 0.6) is 5.75 Å². The Morgan fingerprint density at radius 1 is 1.36 bits per heavy atom. The van der Waals surface area contributed by atoms with Crippen LogP contribution in [0.2, 0.25) is 5.02 Å². The molecule has 0 saturated carbocycles. The number of ether oxygens (including phenoxy) is 2. The average Bonchev–Trinajstić information content (AvgIpc) is 2.91. The largest absolute Gasteiger partial charge is 0.479 e. The van der Waals surface area contributed by atoms with Gasteiger partial charge in [-0.2, -0.15) is 8.78 Å². The smallest absolute Gasteiger partial charge is 0.387 e. The van der Waals surface area contributed by atoms with Crippen molar-refractivity contribution in [1.29, 1.82) is 0 Å². The molecule has 2 N–H and O–H groups in total. The van der Waals surface area contributed by atoms with E-state index in [2.05, 4.69) is 10.1 Å². The highest BCUT2D eigenvalue weighted by molar-refractivity contribution is 6.32. The normalized spacial score (nSPS) is 20.9. The Bertz CT molecular complexity index is 584. The molecule has 1 aromatic carbocycles. The van der Waals surface area contributed by atoms with E-state index in [1.54, 1.807) is 0 Å². The van der Waals surface area contributed by atoms with Gasteiger partial charge in [-0.05, 0) is 31.0 Å². The SMILES string of the molecule is O=C(Nc1ccc(OC(F)F)c(Cl)c1)[C@@H]1CC[C@H](C(=O)O)O1. The molecule has 22 heavy (non-hydrogen) atoms. The maximum atomic E-state index is 12.1. The number of rotatable bonds is 5. The van der Waals surface area contributed by atoms with E-state index < -0.39 is 30.7 Å². The number of nitrogens with one attached hydrogen (secondary N) is 1. The number of carbonyl (C=O) groups is 2. The van der Waals surface area contributed by atoms with Crippen LogP contribution in [-0.2, 0) is 14.3 Å². The molecular weight excluding hydrogens is 324 g/mol. The lowest BCUT2D eigenvalue weighted by molar-refractivity contribution is -0.150. The third-order valence-electron chi connectivity index (χ3n) is 3.00. The Balaban J connectivity index is 1.97. The minimum absolute atomic E-state index is 0.0890. The molecule has 9 heteroatoms. The van der Waals surface area contributed by atoms with E-state index in [-0.39, 0.29) is 29.3 Å². The van der Waals surface area contributed by atoms with Crippen molar-refractivity contribution in [3.63, 3.8) is 0 Å². The maximum absolute atomic E-state index is 12.1. The van der Waals surface area contributed by atoms with Crippen LogP contribution in [0.4, 0.5) is 14.5 Å². The van der Waals surface area contributed by atoms with E-state index in [0.29, 0.717) is 0 Å². The first kappa shape index (κ1) is 16.4. The Labute approximate surface area is 129 Å². The van der Waals surface area contributed by atoms with Crippen molar-refractivity contribution in [2.45, 2.75) is 31.7 Å². The van der Waals surface area contributed by atoms with Crippen LogP contribution in [0.15, 0.2) is 18.2 Å². The van der Waals surface area contributed by atoms with Gasteiger partial charge < -0.3 is 19.9 Å². The van der Waals surface area contributed by atoms with E-state index >= 15 is 0 Å². The van der Waals surface area contributed by atoms with Gasteiger partial charge in [-0.15, -0.1) is 0 Å². The molecule has 2 atom stereocenters. The molecular formula is C13H12ClF2NO5. The summed E-state index contributed by atoms with van der Waals surface area (Å²) in [6.07, 6.45) is -1.35. The van der Waals surface area contributed by atoms with Crippen LogP contribution in [0.25, 0.3) is 0 Å². The van der Waals surface area contributed by atoms with Crippen LogP contribution >= 0.6 is 11.6 Å². The third kappa shape index (κ3) is 4.05. The molecule has 0 radical (unpaired) electrons. The number of anilines is 1. The lowest BCUT2D eigenvalue weighted by atomic mass is 10.2. The number of amides is 1. The van der Waals surface area contributed by atoms with Gasteiger partial charge in [0.25, 0.3) is 5.91 Å². The predicted octanol–water partition coefficient (Wildman–Crippen LogP) is 2.51. The molecule has 6 nitrogen and oxygen atoms in total. The molecule has 120 valence electrons. The Hall–Kier alpha value is -1.93. The maximum Gasteiger partial charge on any atom is 0.387 e. The van der Waals surface area contributed by atoms with Crippen LogP contribution in [0.3, 0.4) is 0 Å². The summed E-state index contributed by atoms with van der Waals surface area (Å²) in [5.74, 6) is -1.85. The quantitative estimate of drug-likeness (QED) is 0.863. The van der Waals surface area contributed by atoms with Crippen molar-refractivity contribution in [3.8, 4) is 5.75 Å². The lowest BCUT2D eigenvalue weighted by Gasteiger charge is -2.13. The molecule has 0 aliphatic carbocycles. The van der Waals surface area contributed by atoms with Crippen molar-refractivity contribution in [2.24, 2.45) is 0 Å². The van der Waals surface area contributed by atoms with Gasteiger partial charge in [-0.25, -0.2) is 4.79 Å². The number of carboxylic acids is 1. The minimum atomic E-state index is -3.00. The molecule has 2 rings (SSSR count). The van der Waals surface area contributed by atoms with Gasteiger partial charge in [0.1, 0.15) is 11.9 Å². The standard InChI is InChI=1S/C13H12ClF2NO5/c14-7-5-6(1-2-8(7)22-13(15)16)17-11(18)9-3-4-10(21-9)12(19)20/h1-2,5,9-10,13H,3-4H2,(H,17,18)(H,19,20)/t9-,10+/m0/s1. The summed E-state index contributed by atoms with van der Waals surface area (Å²) in [6, 6.07) is 3.78. The molecule has 1 saturated heterocycles. The van der Waals surface area contributed by atoms with Gasteiger partial charge >= 0.3 is 12.6 Å². The number of carbonyl (C=O) groups excluding carboxylic acids is 1. The van der Waals surface area contributed by atoms with E-state index in [0.717, 1.165) is 0 Å². The van der Waals surface area contributed by atoms with E-state index in [4.69, 9.17) is 21.4 Å². The van der Waals surface area contributed by atoms with E-state index in [1.165, 1.54) is 18.2 Å². The fourth-order valence-electron chi connectivity index (χ4n) is 2.00. The van der Waals surface area contributed by atoms with Crippen molar-refractivity contribution in [3.05, 3.63) is 23.2 Å². The van der Waals surface area contributed by atoms with E-state index in [9.17, 15) is 18.4 Å².